The van der Waals surface area contributed by atoms with Gasteiger partial charge in [-0.1, -0.05) is 41.4 Å². The van der Waals surface area contributed by atoms with Gasteiger partial charge in [-0.05, 0) is 53.3 Å². The van der Waals surface area contributed by atoms with Crippen LogP contribution in [0.25, 0.3) is 23.0 Å². The topological polar surface area (TPSA) is 143 Å². The number of hydrogen-bond donors (Lipinski definition) is 4. The van der Waals surface area contributed by atoms with Gasteiger partial charge < -0.3 is 20.9 Å². The maximum Gasteiger partial charge on any atom is 0.319 e. The molecule has 0 aliphatic carbocycles. The van der Waals surface area contributed by atoms with Crippen LogP contribution < -0.4 is 16.0 Å². The summed E-state index contributed by atoms with van der Waals surface area (Å²) in [4.78, 5) is 33.3. The molecule has 0 radical (unpaired) electrons. The Morgan fingerprint density at radius 1 is 1.16 bits per heavy atom. The molecule has 13 heteroatoms. The summed E-state index contributed by atoms with van der Waals surface area (Å²) in [5.74, 6) is 0.265. The summed E-state index contributed by atoms with van der Waals surface area (Å²) in [7, 11) is 0. The summed E-state index contributed by atoms with van der Waals surface area (Å²) in [6.07, 6.45) is 9.60. The quantitative estimate of drug-likeness (QED) is 0.216. The molecule has 2 bridgehead atoms. The Labute approximate surface area is 226 Å². The Morgan fingerprint density at radius 2 is 2.05 bits per heavy atom. The van der Waals surface area contributed by atoms with E-state index in [1.807, 2.05) is 12.2 Å². The number of halogens is 2. The first kappa shape index (κ1) is 25.2. The van der Waals surface area contributed by atoms with Gasteiger partial charge in [-0.15, -0.1) is 5.10 Å². The van der Waals surface area contributed by atoms with E-state index in [0.29, 0.717) is 62.8 Å². The van der Waals surface area contributed by atoms with Crippen LogP contribution in [0.3, 0.4) is 0 Å². The number of aromatic nitrogens is 6. The molecule has 4 aromatic rings. The molecule has 38 heavy (non-hydrogen) atoms. The molecule has 0 atom stereocenters. The number of urea groups is 1. The fraction of sp³-hybridized carbons (Fsp3) is 0.120. The van der Waals surface area contributed by atoms with Gasteiger partial charge in [-0.2, -0.15) is 4.68 Å². The molecule has 5 rings (SSSR count). The molecule has 0 fully saturated rings. The zero-order chi connectivity index (χ0) is 26.5. The third-order valence-corrected chi connectivity index (χ3v) is 6.12. The summed E-state index contributed by atoms with van der Waals surface area (Å²) in [5.41, 5.74) is 3.01. The number of imidazole rings is 1. The fourth-order valence-electron chi connectivity index (χ4n) is 3.92. The number of rotatable bonds is 4. The first-order valence-corrected chi connectivity index (χ1v) is 12.3. The van der Waals surface area contributed by atoms with E-state index in [1.165, 1.54) is 17.1 Å². The maximum absolute atomic E-state index is 13.0. The first-order valence-electron chi connectivity index (χ1n) is 11.6. The molecule has 11 nitrogen and oxygen atoms in total. The lowest BCUT2D eigenvalue weighted by atomic mass is 10.1. The van der Waals surface area contributed by atoms with Crippen LogP contribution in [0.1, 0.15) is 17.8 Å². The number of aromatic amines is 1. The van der Waals surface area contributed by atoms with Crippen LogP contribution in [0.2, 0.25) is 10.2 Å². The number of carbonyl (C=O) groups excluding carboxylic acids is 2. The van der Waals surface area contributed by atoms with Gasteiger partial charge in [-0.25, -0.2) is 9.78 Å². The van der Waals surface area contributed by atoms with Crippen molar-refractivity contribution >= 4 is 52.6 Å². The fourth-order valence-corrected chi connectivity index (χ4v) is 4.34. The van der Waals surface area contributed by atoms with E-state index in [4.69, 9.17) is 23.2 Å². The van der Waals surface area contributed by atoms with Crippen molar-refractivity contribution in [3.63, 3.8) is 0 Å². The molecule has 3 amide bonds. The lowest BCUT2D eigenvalue weighted by molar-refractivity contribution is -0.111. The molecule has 0 spiro atoms. The van der Waals surface area contributed by atoms with Gasteiger partial charge >= 0.3 is 6.03 Å². The number of allylic oxidation sites excluding steroid dienone is 1. The van der Waals surface area contributed by atoms with E-state index in [1.54, 1.807) is 42.5 Å². The van der Waals surface area contributed by atoms with Crippen molar-refractivity contribution in [3.05, 3.63) is 82.5 Å². The number of tetrazole rings is 1. The van der Waals surface area contributed by atoms with E-state index in [9.17, 15) is 9.59 Å². The van der Waals surface area contributed by atoms with Gasteiger partial charge in [0.2, 0.25) is 5.91 Å². The van der Waals surface area contributed by atoms with E-state index >= 15 is 0 Å². The Balaban J connectivity index is 1.48. The van der Waals surface area contributed by atoms with E-state index in [-0.39, 0.29) is 0 Å². The second-order valence-corrected chi connectivity index (χ2v) is 9.01. The lowest BCUT2D eigenvalue weighted by Gasteiger charge is -2.15. The standard InChI is InChI=1S/C25H21Cl2N9O2/c26-16-9-10-19(36-14-29-34-35-36)15(13-16)8-11-21(37)30-17-5-4-6-18-22(17)23-24(27)33-20(32-23)7-2-1-3-12-28-25(38)31-18/h1,3-6,8-11,13-14H,2,7,12H2,(H,30,37)(H,32,33)(H2,28,31,38). The van der Waals surface area contributed by atoms with Gasteiger partial charge in [-0.3, -0.25) is 4.79 Å². The van der Waals surface area contributed by atoms with Gasteiger partial charge in [0.15, 0.2) is 0 Å². The normalized spacial score (nSPS) is 13.6. The highest BCUT2D eigenvalue weighted by molar-refractivity contribution is 6.32. The number of nitrogens with zero attached hydrogens (tertiary/aromatic N) is 5. The number of fused-ring (bicyclic) bond motifs is 4. The molecule has 3 heterocycles. The molecule has 0 unspecified atom stereocenters. The van der Waals surface area contributed by atoms with Gasteiger partial charge in [0, 0.05) is 29.6 Å². The number of H-pyrrole nitrogens is 1. The number of aryl methyl sites for hydroxylation is 1. The molecule has 2 aromatic carbocycles. The van der Waals surface area contributed by atoms with Crippen LogP contribution in [0, 0.1) is 0 Å². The zero-order valence-corrected chi connectivity index (χ0v) is 21.3. The molecule has 0 saturated carbocycles. The number of nitrogens with one attached hydrogen (secondary N) is 4. The number of amides is 3. The third-order valence-electron chi connectivity index (χ3n) is 5.61. The summed E-state index contributed by atoms with van der Waals surface area (Å²) in [6.45, 7) is 0.377. The third kappa shape index (κ3) is 5.74. The number of carbonyl (C=O) groups is 2. The molecule has 1 aliphatic rings. The molecule has 4 N–H and O–H groups in total. The van der Waals surface area contributed by atoms with Crippen LogP contribution in [0.5, 0.6) is 0 Å². The summed E-state index contributed by atoms with van der Waals surface area (Å²) < 4.78 is 1.47. The monoisotopic (exact) mass is 549 g/mol. The van der Waals surface area contributed by atoms with Crippen LogP contribution in [0.4, 0.5) is 16.2 Å². The average Bonchev–Trinajstić information content (AvgIpc) is 3.55. The van der Waals surface area contributed by atoms with Crippen molar-refractivity contribution in [2.24, 2.45) is 0 Å². The van der Waals surface area contributed by atoms with Crippen molar-refractivity contribution in [1.29, 1.82) is 0 Å². The molecule has 2 aromatic heterocycles. The first-order chi connectivity index (χ1) is 18.5. The highest BCUT2D eigenvalue weighted by Crippen LogP contribution is 2.38. The minimum Gasteiger partial charge on any atom is -0.334 e. The molecule has 0 saturated heterocycles. The zero-order valence-electron chi connectivity index (χ0n) is 19.8. The Hall–Kier alpha value is -4.48. The minimum absolute atomic E-state index is 0.298. The van der Waals surface area contributed by atoms with E-state index < -0.39 is 11.9 Å². The largest absolute Gasteiger partial charge is 0.334 e. The highest BCUT2D eigenvalue weighted by atomic mass is 35.5. The number of benzene rings is 2. The van der Waals surface area contributed by atoms with E-state index in [2.05, 4.69) is 41.4 Å². The molecular weight excluding hydrogens is 529 g/mol. The smallest absolute Gasteiger partial charge is 0.319 e. The number of hydrogen-bond acceptors (Lipinski definition) is 6. The Morgan fingerprint density at radius 3 is 2.89 bits per heavy atom. The van der Waals surface area contributed by atoms with Crippen LogP contribution in [0.15, 0.2) is 61.0 Å². The Kier molecular flexibility index (Phi) is 7.47. The van der Waals surface area contributed by atoms with Gasteiger partial charge in [0.1, 0.15) is 23.0 Å². The molecular formula is C25H21Cl2N9O2. The van der Waals surface area contributed by atoms with Crippen LogP contribution in [-0.4, -0.2) is 48.7 Å². The van der Waals surface area contributed by atoms with E-state index in [0.717, 1.165) is 6.42 Å². The summed E-state index contributed by atoms with van der Waals surface area (Å²) >= 11 is 12.7. The van der Waals surface area contributed by atoms with Crippen molar-refractivity contribution in [3.8, 4) is 16.9 Å². The van der Waals surface area contributed by atoms with Crippen molar-refractivity contribution in [2.75, 3.05) is 17.2 Å². The summed E-state index contributed by atoms with van der Waals surface area (Å²) in [6, 6.07) is 9.88. The second-order valence-electron chi connectivity index (χ2n) is 8.20. The van der Waals surface area contributed by atoms with Crippen molar-refractivity contribution in [2.45, 2.75) is 12.8 Å². The van der Waals surface area contributed by atoms with Crippen LogP contribution in [-0.2, 0) is 11.2 Å². The Bertz CT molecular complexity index is 1540. The van der Waals surface area contributed by atoms with Crippen LogP contribution >= 0.6 is 23.2 Å². The predicted octanol–water partition coefficient (Wildman–Crippen LogP) is 4.64. The summed E-state index contributed by atoms with van der Waals surface area (Å²) in [5, 5.41) is 20.5. The maximum atomic E-state index is 13.0. The number of anilines is 2. The second kappa shape index (κ2) is 11.3. The van der Waals surface area contributed by atoms with Crippen molar-refractivity contribution < 1.29 is 9.59 Å². The predicted molar refractivity (Wildman–Crippen MR) is 145 cm³/mol. The molecule has 1 aliphatic heterocycles. The lowest BCUT2D eigenvalue weighted by Crippen LogP contribution is -2.29. The highest BCUT2D eigenvalue weighted by Gasteiger charge is 2.20. The van der Waals surface area contributed by atoms with Crippen molar-refractivity contribution in [1.82, 2.24) is 35.5 Å². The minimum atomic E-state index is -0.426. The van der Waals surface area contributed by atoms with Gasteiger partial charge in [0.25, 0.3) is 0 Å². The average molecular weight is 550 g/mol. The van der Waals surface area contributed by atoms with Gasteiger partial charge in [0.05, 0.1) is 22.6 Å². The SMILES string of the molecule is O=C(C=Cc1cc(Cl)ccc1-n1cnnn1)Nc1cccc2c1-c1nc([nH]c1Cl)CCC=CCNC(=O)N2. The molecule has 192 valence electrons.